The minimum atomic E-state index is -0.953. The second-order valence-corrected chi connectivity index (χ2v) is 11.3. The number of benzene rings is 2. The van der Waals surface area contributed by atoms with Crippen molar-refractivity contribution in [3.05, 3.63) is 130 Å². The maximum atomic E-state index is 13.5. The highest BCUT2D eigenvalue weighted by Gasteiger charge is 2.27. The van der Waals surface area contributed by atoms with Gasteiger partial charge >= 0.3 is 10.7 Å². The van der Waals surface area contributed by atoms with E-state index in [9.17, 15) is 28.9 Å². The Morgan fingerprint density at radius 3 is 2.50 bits per heavy atom. The monoisotopic (exact) mass is 667 g/mol. The van der Waals surface area contributed by atoms with Gasteiger partial charge in [-0.2, -0.15) is 0 Å². The molecule has 1 aliphatic rings. The number of anilines is 2. The molecule has 48 heavy (non-hydrogen) atoms. The van der Waals surface area contributed by atoms with Crippen LogP contribution in [0, 0.1) is 9.74 Å². The molecule has 2 aromatic heterocycles. The SMILES string of the molecule is C=C(N)[C@H](NC(=O)c1cc(C(=O)NCc2ccc3c(c2)CN(c2c(N)c(=O)c2=O)CC3)n2c(=S)onc2n1)c1ccc(C(=O)N=O)cc1. The molecule has 5 aromatic rings. The summed E-state index contributed by atoms with van der Waals surface area (Å²) in [5, 5.41) is 11.6. The number of rotatable bonds is 9. The van der Waals surface area contributed by atoms with Gasteiger partial charge in [-0.1, -0.05) is 36.9 Å². The first-order valence-corrected chi connectivity index (χ1v) is 14.7. The van der Waals surface area contributed by atoms with Crippen LogP contribution in [0.1, 0.15) is 59.6 Å². The van der Waals surface area contributed by atoms with Crippen molar-refractivity contribution in [3.63, 3.8) is 0 Å². The number of aromatic nitrogens is 3. The van der Waals surface area contributed by atoms with Gasteiger partial charge in [-0.3, -0.25) is 24.0 Å². The lowest BCUT2D eigenvalue weighted by Crippen LogP contribution is -2.44. The number of nitrogens with two attached hydrogens (primary N) is 2. The van der Waals surface area contributed by atoms with E-state index in [-0.39, 0.29) is 51.2 Å². The Kier molecular flexibility index (Phi) is 8.20. The molecular formula is C31H25N9O7S. The first-order chi connectivity index (χ1) is 23.0. The number of carbonyl (C=O) groups is 3. The van der Waals surface area contributed by atoms with E-state index >= 15 is 0 Å². The molecule has 242 valence electrons. The summed E-state index contributed by atoms with van der Waals surface area (Å²) >= 11 is 5.20. The third-order valence-corrected chi connectivity index (χ3v) is 8.24. The number of nitrogen functional groups attached to an aromatic ring is 1. The van der Waals surface area contributed by atoms with Crippen LogP contribution < -0.4 is 37.9 Å². The molecule has 0 saturated heterocycles. The van der Waals surface area contributed by atoms with Crippen LogP contribution in [0.25, 0.3) is 5.78 Å². The molecule has 0 fully saturated rings. The minimum Gasteiger partial charge on any atom is -0.401 e. The van der Waals surface area contributed by atoms with Crippen molar-refractivity contribution in [1.29, 1.82) is 0 Å². The fourth-order valence-corrected chi connectivity index (χ4v) is 5.72. The maximum Gasteiger partial charge on any atom is 0.316 e. The summed E-state index contributed by atoms with van der Waals surface area (Å²) in [5.41, 5.74) is 13.7. The molecule has 1 aliphatic heterocycles. The Hall–Kier alpha value is -6.36. The molecule has 0 radical (unpaired) electrons. The summed E-state index contributed by atoms with van der Waals surface area (Å²) < 4.78 is 6.24. The van der Waals surface area contributed by atoms with Crippen molar-refractivity contribution < 1.29 is 18.9 Å². The molecule has 6 rings (SSSR count). The Morgan fingerprint density at radius 1 is 1.06 bits per heavy atom. The summed E-state index contributed by atoms with van der Waals surface area (Å²) in [6.07, 6.45) is 0.646. The van der Waals surface area contributed by atoms with Crippen molar-refractivity contribution in [3.8, 4) is 0 Å². The van der Waals surface area contributed by atoms with E-state index in [1.807, 2.05) is 18.2 Å². The largest absolute Gasteiger partial charge is 0.401 e. The van der Waals surface area contributed by atoms with E-state index in [1.165, 1.54) is 34.7 Å². The van der Waals surface area contributed by atoms with Crippen molar-refractivity contribution >= 4 is 47.1 Å². The van der Waals surface area contributed by atoms with Gasteiger partial charge in [-0.25, -0.2) is 9.38 Å². The normalized spacial score (nSPS) is 13.1. The zero-order chi connectivity index (χ0) is 34.3. The van der Waals surface area contributed by atoms with E-state index < -0.39 is 34.6 Å². The van der Waals surface area contributed by atoms with Crippen LogP contribution in [0.5, 0.6) is 0 Å². The zero-order valence-electron chi connectivity index (χ0n) is 24.9. The van der Waals surface area contributed by atoms with Crippen LogP contribution in [0.2, 0.25) is 0 Å². The number of hydrogen-bond acceptors (Lipinski definition) is 13. The fraction of sp³-hybridized carbons (Fsp3) is 0.161. The predicted octanol–water partition coefficient (Wildman–Crippen LogP) is 1.57. The van der Waals surface area contributed by atoms with Gasteiger partial charge in [-0.05, 0) is 64.2 Å². The van der Waals surface area contributed by atoms with E-state index in [4.69, 9.17) is 28.2 Å². The van der Waals surface area contributed by atoms with Gasteiger partial charge in [0, 0.05) is 36.1 Å². The third kappa shape index (κ3) is 5.73. The first-order valence-electron chi connectivity index (χ1n) is 14.3. The molecule has 6 N–H and O–H groups in total. The minimum absolute atomic E-state index is 0.0281. The summed E-state index contributed by atoms with van der Waals surface area (Å²) in [6, 6.07) is 11.7. The maximum absolute atomic E-state index is 13.5. The van der Waals surface area contributed by atoms with Gasteiger partial charge in [-0.15, -0.1) is 4.91 Å². The quantitative estimate of drug-likeness (QED) is 0.0993. The van der Waals surface area contributed by atoms with Gasteiger partial charge < -0.3 is 31.5 Å². The molecule has 0 spiro atoms. The van der Waals surface area contributed by atoms with Crippen LogP contribution >= 0.6 is 12.2 Å². The molecule has 0 bridgehead atoms. The third-order valence-electron chi connectivity index (χ3n) is 7.98. The van der Waals surface area contributed by atoms with Crippen LogP contribution in [0.15, 0.2) is 80.1 Å². The second kappa shape index (κ2) is 12.4. The number of nitroso groups, excluding NO2 is 1. The number of nitrogens with one attached hydrogen (secondary N) is 2. The van der Waals surface area contributed by atoms with E-state index in [1.54, 1.807) is 4.90 Å². The van der Waals surface area contributed by atoms with Gasteiger partial charge in [0.25, 0.3) is 28.4 Å². The van der Waals surface area contributed by atoms with Crippen LogP contribution in [0.4, 0.5) is 11.4 Å². The van der Waals surface area contributed by atoms with Crippen LogP contribution in [-0.2, 0) is 19.5 Å². The molecule has 3 aromatic carbocycles. The highest BCUT2D eigenvalue weighted by atomic mass is 32.1. The fourth-order valence-electron chi connectivity index (χ4n) is 5.50. The molecular weight excluding hydrogens is 642 g/mol. The van der Waals surface area contributed by atoms with E-state index in [2.05, 4.69) is 32.5 Å². The summed E-state index contributed by atoms with van der Waals surface area (Å²) in [5.74, 6) is -2.45. The summed E-state index contributed by atoms with van der Waals surface area (Å²) in [4.78, 5) is 78.5. The predicted molar refractivity (Wildman–Crippen MR) is 174 cm³/mol. The van der Waals surface area contributed by atoms with Gasteiger partial charge in [0.1, 0.15) is 22.8 Å². The number of fused-ring (bicyclic) bond motifs is 2. The lowest BCUT2D eigenvalue weighted by Gasteiger charge is -2.32. The average molecular weight is 668 g/mol. The average Bonchev–Trinajstić information content (AvgIpc) is 3.48. The second-order valence-electron chi connectivity index (χ2n) is 11.0. The highest BCUT2D eigenvalue weighted by molar-refractivity contribution is 7.71. The number of hydrogen-bond donors (Lipinski definition) is 4. The van der Waals surface area contributed by atoms with Gasteiger partial charge in [0.15, 0.2) is 0 Å². The number of nitrogens with zero attached hydrogens (tertiary/aromatic N) is 5. The Morgan fingerprint density at radius 2 is 1.81 bits per heavy atom. The standard InChI is InChI=1S/C31H25N9O7S/c1-14(32)23(17-4-6-18(7-5-17)27(43)37-46)36-28(44)20-11-21(40-30(35-20)38-47-31(40)48)29(45)34-12-15-2-3-16-8-9-39(13-19(16)10-15)24-22(33)25(41)26(24)42/h2-7,10-11,23H,1,8-9,12-13,32-33H2,(H,34,45)(H,36,44)/t23-/m0/s1. The summed E-state index contributed by atoms with van der Waals surface area (Å²) in [6.45, 7) is 4.72. The summed E-state index contributed by atoms with van der Waals surface area (Å²) in [7, 11) is 0. The molecule has 0 unspecified atom stereocenters. The Bertz CT molecular complexity index is 2300. The molecule has 0 saturated carbocycles. The first kappa shape index (κ1) is 31.6. The lowest BCUT2D eigenvalue weighted by atomic mass is 9.96. The smallest absolute Gasteiger partial charge is 0.316 e. The topological polar surface area (TPSA) is 237 Å². The zero-order valence-corrected chi connectivity index (χ0v) is 25.7. The van der Waals surface area contributed by atoms with Crippen molar-refractivity contribution in [2.75, 3.05) is 17.2 Å². The van der Waals surface area contributed by atoms with Crippen LogP contribution in [-0.4, -0.2) is 38.8 Å². The highest BCUT2D eigenvalue weighted by Crippen LogP contribution is 2.27. The Labute approximate surface area is 274 Å². The molecule has 0 aliphatic carbocycles. The lowest BCUT2D eigenvalue weighted by molar-refractivity contribution is 0.0935. The molecule has 3 amide bonds. The van der Waals surface area contributed by atoms with Gasteiger partial charge in [0.2, 0.25) is 0 Å². The number of amides is 3. The Balaban J connectivity index is 1.21. The molecule has 3 heterocycles. The van der Waals surface area contributed by atoms with Crippen molar-refractivity contribution in [2.24, 2.45) is 10.9 Å². The van der Waals surface area contributed by atoms with E-state index in [0.717, 1.165) is 16.7 Å². The van der Waals surface area contributed by atoms with Gasteiger partial charge in [0.05, 0.1) is 6.04 Å². The van der Waals surface area contributed by atoms with Crippen molar-refractivity contribution in [1.82, 2.24) is 25.2 Å². The van der Waals surface area contributed by atoms with Crippen molar-refractivity contribution in [2.45, 2.75) is 25.6 Å². The molecule has 1 atom stereocenters. The molecule has 16 nitrogen and oxygen atoms in total. The van der Waals surface area contributed by atoms with E-state index in [0.29, 0.717) is 25.1 Å². The molecule has 17 heteroatoms. The van der Waals surface area contributed by atoms with Crippen LogP contribution in [0.3, 0.4) is 0 Å². The number of carbonyl (C=O) groups excluding carboxylic acids is 3.